The number of rotatable bonds is 8. The van der Waals surface area contributed by atoms with Gasteiger partial charge in [-0.05, 0) is 47.9 Å². The number of Topliss-reactive ketones (excluding diaryl/α,β-unsaturated/α-hetero) is 2. The second kappa shape index (κ2) is 10.3. The van der Waals surface area contributed by atoms with Gasteiger partial charge < -0.3 is 9.15 Å². The summed E-state index contributed by atoms with van der Waals surface area (Å²) in [7, 11) is 1.31. The van der Waals surface area contributed by atoms with Crippen molar-refractivity contribution in [2.75, 3.05) is 7.11 Å². The minimum Gasteiger partial charge on any atom is -0.465 e. The summed E-state index contributed by atoms with van der Waals surface area (Å²) in [6.07, 6.45) is 0.783. The van der Waals surface area contributed by atoms with Gasteiger partial charge in [0.15, 0.2) is 5.43 Å². The quantitative estimate of drug-likeness (QED) is 0.222. The Hall–Kier alpha value is -4.06. The van der Waals surface area contributed by atoms with Crippen LogP contribution in [0.4, 0.5) is 0 Å². The molecule has 0 saturated heterocycles. The van der Waals surface area contributed by atoms with Crippen molar-refractivity contribution in [3.8, 4) is 22.5 Å². The van der Waals surface area contributed by atoms with Gasteiger partial charge in [-0.15, -0.1) is 0 Å². The molecule has 1 unspecified atom stereocenters. The van der Waals surface area contributed by atoms with E-state index >= 15 is 0 Å². The Morgan fingerprint density at radius 2 is 1.69 bits per heavy atom. The van der Waals surface area contributed by atoms with Crippen LogP contribution in [-0.4, -0.2) is 24.6 Å². The van der Waals surface area contributed by atoms with E-state index in [4.69, 9.17) is 9.15 Å². The van der Waals surface area contributed by atoms with Crippen molar-refractivity contribution in [3.05, 3.63) is 81.5 Å². The number of methoxy groups -OCH3 is 1. The maximum absolute atomic E-state index is 13.0. The predicted octanol–water partition coefficient (Wildman–Crippen LogP) is 6.09. The number of hydrogen-bond donors (Lipinski definition) is 0. The van der Waals surface area contributed by atoms with E-state index in [0.29, 0.717) is 40.0 Å². The van der Waals surface area contributed by atoms with Crippen molar-refractivity contribution < 1.29 is 23.5 Å². The van der Waals surface area contributed by atoms with E-state index in [1.807, 2.05) is 37.3 Å². The normalized spacial score (nSPS) is 12.0. The van der Waals surface area contributed by atoms with Gasteiger partial charge in [-0.2, -0.15) is 0 Å². The Bertz CT molecular complexity index is 1510. The molecule has 0 spiro atoms. The van der Waals surface area contributed by atoms with E-state index < -0.39 is 11.9 Å². The highest BCUT2D eigenvalue weighted by atomic mass is 16.5. The highest BCUT2D eigenvalue weighted by Crippen LogP contribution is 2.42. The first-order chi connectivity index (χ1) is 17.2. The molecule has 184 valence electrons. The molecule has 2 aliphatic rings. The van der Waals surface area contributed by atoms with Crippen molar-refractivity contribution in [3.63, 3.8) is 0 Å². The molecule has 6 heteroatoms. The first-order valence-corrected chi connectivity index (χ1v) is 12.0. The maximum Gasteiger partial charge on any atom is 0.338 e. The van der Waals surface area contributed by atoms with Crippen LogP contribution >= 0.6 is 0 Å². The molecule has 4 rings (SSSR count). The standard InChI is InChI=1S/C30H28O6/c1-5-20(31)9-13-26(33)18(3)19-7-11-22(25(15-19)30(34)35-4)29-23-10-6-17(2)14-27(23)36-28-16-21(32)8-12-24(28)29/h6-8,10-12,14-16,18H,5,9,13H2,1-4H3. The van der Waals surface area contributed by atoms with Gasteiger partial charge in [-0.1, -0.05) is 38.1 Å². The molecule has 36 heavy (non-hydrogen) atoms. The van der Waals surface area contributed by atoms with Gasteiger partial charge in [0.1, 0.15) is 22.9 Å². The third kappa shape index (κ3) is 4.85. The molecule has 6 nitrogen and oxygen atoms in total. The van der Waals surface area contributed by atoms with Crippen LogP contribution < -0.4 is 5.43 Å². The fraction of sp³-hybridized carbons (Fsp3) is 0.267. The Kier molecular flexibility index (Phi) is 7.15. The van der Waals surface area contributed by atoms with Crippen LogP contribution in [0, 0.1) is 6.92 Å². The van der Waals surface area contributed by atoms with E-state index in [0.717, 1.165) is 16.5 Å². The monoisotopic (exact) mass is 484 g/mol. The maximum atomic E-state index is 13.0. The topological polar surface area (TPSA) is 90.6 Å². The van der Waals surface area contributed by atoms with Crippen LogP contribution in [0.25, 0.3) is 33.4 Å². The molecule has 0 N–H and O–H groups in total. The lowest BCUT2D eigenvalue weighted by atomic mass is 9.86. The van der Waals surface area contributed by atoms with E-state index in [9.17, 15) is 19.2 Å². The average molecular weight is 485 g/mol. The number of aryl methyl sites for hydroxylation is 1. The van der Waals surface area contributed by atoms with E-state index in [2.05, 4.69) is 0 Å². The Morgan fingerprint density at radius 1 is 0.944 bits per heavy atom. The molecule has 0 radical (unpaired) electrons. The van der Waals surface area contributed by atoms with Gasteiger partial charge in [0.05, 0.1) is 12.7 Å². The third-order valence-electron chi connectivity index (χ3n) is 6.59. The fourth-order valence-corrected chi connectivity index (χ4v) is 4.44. The average Bonchev–Trinajstić information content (AvgIpc) is 2.88. The zero-order valence-corrected chi connectivity index (χ0v) is 20.8. The summed E-state index contributed by atoms with van der Waals surface area (Å²) in [5.41, 5.74) is 4.41. The van der Waals surface area contributed by atoms with Crippen LogP contribution in [0.3, 0.4) is 0 Å². The number of ketones is 2. The van der Waals surface area contributed by atoms with Crippen molar-refractivity contribution >= 4 is 28.5 Å². The first-order valence-electron chi connectivity index (χ1n) is 12.0. The molecular weight excluding hydrogens is 456 g/mol. The number of esters is 1. The summed E-state index contributed by atoms with van der Waals surface area (Å²) in [5.74, 6) is -0.627. The van der Waals surface area contributed by atoms with Crippen LogP contribution in [0.5, 0.6) is 0 Å². The number of carbonyl (C=O) groups is 3. The van der Waals surface area contributed by atoms with Crippen LogP contribution in [0.2, 0.25) is 0 Å². The molecule has 0 fully saturated rings. The predicted molar refractivity (Wildman–Crippen MR) is 139 cm³/mol. The Balaban J connectivity index is 1.90. The van der Waals surface area contributed by atoms with E-state index in [-0.39, 0.29) is 29.8 Å². The fourth-order valence-electron chi connectivity index (χ4n) is 4.44. The van der Waals surface area contributed by atoms with Crippen LogP contribution in [-0.2, 0) is 14.3 Å². The molecule has 1 heterocycles. The van der Waals surface area contributed by atoms with Crippen LogP contribution in [0.15, 0.2) is 63.8 Å². The molecular formula is C30H28O6. The molecule has 1 aliphatic carbocycles. The number of hydrogen-bond acceptors (Lipinski definition) is 6. The molecule has 2 aromatic carbocycles. The van der Waals surface area contributed by atoms with Crippen LogP contribution in [0.1, 0.15) is 60.5 Å². The van der Waals surface area contributed by atoms with Gasteiger partial charge >= 0.3 is 5.97 Å². The largest absolute Gasteiger partial charge is 0.465 e. The van der Waals surface area contributed by atoms with Gasteiger partial charge in [-0.3, -0.25) is 14.4 Å². The highest BCUT2D eigenvalue weighted by molar-refractivity contribution is 6.08. The second-order valence-electron chi connectivity index (χ2n) is 9.01. The molecule has 0 amide bonds. The number of ether oxygens (including phenoxy) is 1. The minimum atomic E-state index is -0.540. The number of carbonyl (C=O) groups excluding carboxylic acids is 3. The zero-order valence-electron chi connectivity index (χ0n) is 20.8. The molecule has 1 aliphatic heterocycles. The summed E-state index contributed by atoms with van der Waals surface area (Å²) >= 11 is 0. The summed E-state index contributed by atoms with van der Waals surface area (Å²) in [4.78, 5) is 49.5. The first kappa shape index (κ1) is 25.0. The Morgan fingerprint density at radius 3 is 2.42 bits per heavy atom. The summed E-state index contributed by atoms with van der Waals surface area (Å²) in [6.45, 7) is 5.50. The van der Waals surface area contributed by atoms with Crippen molar-refractivity contribution in [2.45, 2.75) is 46.0 Å². The van der Waals surface area contributed by atoms with E-state index in [1.165, 1.54) is 19.2 Å². The van der Waals surface area contributed by atoms with Crippen molar-refractivity contribution in [2.24, 2.45) is 0 Å². The van der Waals surface area contributed by atoms with E-state index in [1.54, 1.807) is 26.0 Å². The smallest absolute Gasteiger partial charge is 0.338 e. The molecule has 0 saturated carbocycles. The van der Waals surface area contributed by atoms with Crippen molar-refractivity contribution in [1.29, 1.82) is 0 Å². The summed E-state index contributed by atoms with van der Waals surface area (Å²) < 4.78 is 11.2. The highest BCUT2D eigenvalue weighted by Gasteiger charge is 2.24. The Labute approximate surface area is 209 Å². The molecule has 1 atom stereocenters. The lowest BCUT2D eigenvalue weighted by Gasteiger charge is -2.19. The van der Waals surface area contributed by atoms with Crippen molar-refractivity contribution in [1.82, 2.24) is 0 Å². The lowest BCUT2D eigenvalue weighted by molar-refractivity contribution is -0.124. The van der Waals surface area contributed by atoms with Gasteiger partial charge in [0.2, 0.25) is 0 Å². The second-order valence-corrected chi connectivity index (χ2v) is 9.01. The third-order valence-corrected chi connectivity index (χ3v) is 6.59. The number of benzene rings is 3. The zero-order chi connectivity index (χ0) is 26.0. The van der Waals surface area contributed by atoms with Gasteiger partial charge in [0, 0.05) is 47.8 Å². The van der Waals surface area contributed by atoms with Gasteiger partial charge in [-0.25, -0.2) is 4.79 Å². The molecule has 2 aromatic rings. The van der Waals surface area contributed by atoms with Gasteiger partial charge in [0.25, 0.3) is 0 Å². The minimum absolute atomic E-state index is 0.0471. The summed E-state index contributed by atoms with van der Waals surface area (Å²) in [5, 5.41) is 0.784. The summed E-state index contributed by atoms with van der Waals surface area (Å²) in [6, 6.07) is 15.7. The lowest BCUT2D eigenvalue weighted by Crippen LogP contribution is -2.13. The SMILES string of the molecule is CCC(=O)CCC(=O)C(C)c1ccc(-c2c3ccc(=O)cc-3oc3cc(C)ccc23)c(C(=O)OC)c1. The molecule has 0 aromatic heterocycles. The molecule has 0 bridgehead atoms. The number of fused-ring (bicyclic) bond motifs is 2.